The number of nitrogens with zero attached hydrogens (tertiary/aromatic N) is 1. The number of nitrogens with one attached hydrogen (secondary N) is 1. The molecule has 1 aliphatic heterocycles. The van der Waals surface area contributed by atoms with E-state index in [0.29, 0.717) is 12.2 Å². The summed E-state index contributed by atoms with van der Waals surface area (Å²) in [6, 6.07) is 16.6. The van der Waals surface area contributed by atoms with E-state index in [1.807, 2.05) is 19.1 Å². The van der Waals surface area contributed by atoms with Crippen LogP contribution < -0.4 is 5.32 Å². The number of ether oxygens (including phenoxy) is 1. The minimum absolute atomic E-state index is 0.00518. The molecule has 2 aromatic rings. The first-order valence-corrected chi connectivity index (χ1v) is 8.83. The van der Waals surface area contributed by atoms with Crippen LogP contribution in [0.5, 0.6) is 0 Å². The minimum atomic E-state index is -0.0528. The smallest absolute Gasteiger partial charge is 0.251 e. The van der Waals surface area contributed by atoms with Gasteiger partial charge in [-0.25, -0.2) is 0 Å². The molecule has 1 N–H and O–H groups in total. The lowest BCUT2D eigenvalue weighted by molar-refractivity contribution is 0.0905. The summed E-state index contributed by atoms with van der Waals surface area (Å²) in [5.41, 5.74) is 4.82. The Morgan fingerprint density at radius 3 is 2.60 bits per heavy atom. The molecule has 1 atom stereocenters. The molecular formula is C21H26N2O2. The molecule has 0 aliphatic carbocycles. The molecule has 0 fully saturated rings. The van der Waals surface area contributed by atoms with Crippen LogP contribution in [0.25, 0.3) is 0 Å². The molecule has 2 aromatic carbocycles. The van der Waals surface area contributed by atoms with Crippen molar-refractivity contribution in [1.82, 2.24) is 10.2 Å². The van der Waals surface area contributed by atoms with Crippen LogP contribution in [0, 0.1) is 0 Å². The van der Waals surface area contributed by atoms with Crippen molar-refractivity contribution >= 4 is 5.91 Å². The summed E-state index contributed by atoms with van der Waals surface area (Å²) in [6.07, 6.45) is 1.11. The molecule has 0 aromatic heterocycles. The first kappa shape index (κ1) is 17.6. The van der Waals surface area contributed by atoms with Crippen LogP contribution in [0.4, 0.5) is 0 Å². The Balaban J connectivity index is 1.57. The molecule has 0 saturated heterocycles. The number of benzene rings is 2. The third-order valence-corrected chi connectivity index (χ3v) is 4.63. The maximum Gasteiger partial charge on any atom is 0.251 e. The third-order valence-electron chi connectivity index (χ3n) is 4.63. The Kier molecular flexibility index (Phi) is 5.84. The molecule has 0 radical (unpaired) electrons. The van der Waals surface area contributed by atoms with Gasteiger partial charge in [0.2, 0.25) is 0 Å². The predicted molar refractivity (Wildman–Crippen MR) is 99.5 cm³/mol. The fraction of sp³-hybridized carbons (Fsp3) is 0.381. The van der Waals surface area contributed by atoms with Gasteiger partial charge in [-0.3, -0.25) is 9.69 Å². The molecule has 132 valence electrons. The van der Waals surface area contributed by atoms with E-state index in [1.54, 1.807) is 7.11 Å². The Bertz CT molecular complexity index is 712. The quantitative estimate of drug-likeness (QED) is 0.880. The van der Waals surface area contributed by atoms with Gasteiger partial charge in [-0.15, -0.1) is 0 Å². The molecule has 0 bridgehead atoms. The highest BCUT2D eigenvalue weighted by Crippen LogP contribution is 2.20. The molecule has 0 saturated carbocycles. The van der Waals surface area contributed by atoms with Crippen molar-refractivity contribution in [2.75, 3.05) is 20.3 Å². The molecule has 1 aliphatic rings. The van der Waals surface area contributed by atoms with Crippen molar-refractivity contribution in [3.8, 4) is 0 Å². The highest BCUT2D eigenvalue weighted by Gasteiger charge is 2.16. The number of hydrogen-bond donors (Lipinski definition) is 1. The van der Waals surface area contributed by atoms with Gasteiger partial charge < -0.3 is 10.1 Å². The van der Waals surface area contributed by atoms with E-state index in [1.165, 1.54) is 16.7 Å². The molecule has 0 spiro atoms. The topological polar surface area (TPSA) is 41.6 Å². The molecule has 4 nitrogen and oxygen atoms in total. The summed E-state index contributed by atoms with van der Waals surface area (Å²) in [6.45, 7) is 5.43. The number of rotatable bonds is 6. The normalized spacial score (nSPS) is 15.4. The zero-order chi connectivity index (χ0) is 17.6. The zero-order valence-electron chi connectivity index (χ0n) is 15.0. The molecule has 1 heterocycles. The van der Waals surface area contributed by atoms with Crippen molar-refractivity contribution in [2.45, 2.75) is 32.5 Å². The van der Waals surface area contributed by atoms with Gasteiger partial charge in [0.15, 0.2) is 0 Å². The standard InChI is InChI=1S/C21H26N2O2/c1-16(15-25-2)22-21(24)19-9-7-17(8-10-19)13-23-12-11-18-5-3-4-6-20(18)14-23/h3-10,16H,11-15H2,1-2H3,(H,22,24)/t16-/m1/s1. The highest BCUT2D eigenvalue weighted by atomic mass is 16.5. The second-order valence-corrected chi connectivity index (χ2v) is 6.76. The largest absolute Gasteiger partial charge is 0.383 e. The van der Waals surface area contributed by atoms with Crippen LogP contribution >= 0.6 is 0 Å². The number of carbonyl (C=O) groups is 1. The van der Waals surface area contributed by atoms with Gasteiger partial charge in [-0.2, -0.15) is 0 Å². The lowest BCUT2D eigenvalue weighted by Gasteiger charge is -2.28. The van der Waals surface area contributed by atoms with Gasteiger partial charge in [0, 0.05) is 38.3 Å². The Hall–Kier alpha value is -2.17. The summed E-state index contributed by atoms with van der Waals surface area (Å²) < 4.78 is 5.05. The van der Waals surface area contributed by atoms with Crippen molar-refractivity contribution in [3.63, 3.8) is 0 Å². The van der Waals surface area contributed by atoms with Crippen LogP contribution in [0.2, 0.25) is 0 Å². The first-order valence-electron chi connectivity index (χ1n) is 8.83. The molecule has 25 heavy (non-hydrogen) atoms. The van der Waals surface area contributed by atoms with Crippen LogP contribution in [-0.4, -0.2) is 37.1 Å². The lowest BCUT2D eigenvalue weighted by atomic mass is 9.99. The molecule has 0 unspecified atom stereocenters. The molecular weight excluding hydrogens is 312 g/mol. The fourth-order valence-electron chi connectivity index (χ4n) is 3.31. The van der Waals surface area contributed by atoms with Gasteiger partial charge in [0.05, 0.1) is 6.61 Å². The van der Waals surface area contributed by atoms with E-state index in [9.17, 15) is 4.79 Å². The number of fused-ring (bicyclic) bond motifs is 1. The maximum atomic E-state index is 12.2. The summed E-state index contributed by atoms with van der Waals surface area (Å²) >= 11 is 0. The number of amides is 1. The fourth-order valence-corrected chi connectivity index (χ4v) is 3.31. The summed E-state index contributed by atoms with van der Waals surface area (Å²) in [4.78, 5) is 14.6. The van der Waals surface area contributed by atoms with Crippen molar-refractivity contribution in [3.05, 3.63) is 70.8 Å². The maximum absolute atomic E-state index is 12.2. The molecule has 3 rings (SSSR count). The summed E-state index contributed by atoms with van der Waals surface area (Å²) in [5, 5.41) is 2.93. The Morgan fingerprint density at radius 1 is 1.16 bits per heavy atom. The van der Waals surface area contributed by atoms with Crippen LogP contribution in [0.15, 0.2) is 48.5 Å². The van der Waals surface area contributed by atoms with E-state index < -0.39 is 0 Å². The van der Waals surface area contributed by atoms with E-state index in [2.05, 4.69) is 46.6 Å². The van der Waals surface area contributed by atoms with Crippen molar-refractivity contribution < 1.29 is 9.53 Å². The van der Waals surface area contributed by atoms with Gasteiger partial charge in [-0.1, -0.05) is 36.4 Å². The van der Waals surface area contributed by atoms with Gasteiger partial charge >= 0.3 is 0 Å². The van der Waals surface area contributed by atoms with Gasteiger partial charge in [0.25, 0.3) is 5.91 Å². The van der Waals surface area contributed by atoms with Gasteiger partial charge in [-0.05, 0) is 42.2 Å². The van der Waals surface area contributed by atoms with Crippen LogP contribution in [0.3, 0.4) is 0 Å². The number of methoxy groups -OCH3 is 1. The first-order chi connectivity index (χ1) is 12.2. The summed E-state index contributed by atoms with van der Waals surface area (Å²) in [7, 11) is 1.64. The highest BCUT2D eigenvalue weighted by molar-refractivity contribution is 5.94. The van der Waals surface area contributed by atoms with E-state index in [4.69, 9.17) is 4.74 Å². The van der Waals surface area contributed by atoms with E-state index in [-0.39, 0.29) is 11.9 Å². The Morgan fingerprint density at radius 2 is 1.88 bits per heavy atom. The van der Waals surface area contributed by atoms with E-state index >= 15 is 0 Å². The van der Waals surface area contributed by atoms with Crippen LogP contribution in [-0.2, 0) is 24.2 Å². The summed E-state index contributed by atoms with van der Waals surface area (Å²) in [5.74, 6) is -0.0528. The lowest BCUT2D eigenvalue weighted by Crippen LogP contribution is -2.35. The SMILES string of the molecule is COC[C@@H](C)NC(=O)c1ccc(CN2CCc3ccccc3C2)cc1. The second kappa shape index (κ2) is 8.28. The van der Waals surface area contributed by atoms with Crippen molar-refractivity contribution in [2.24, 2.45) is 0 Å². The average Bonchev–Trinajstić information content (AvgIpc) is 2.62. The average molecular weight is 338 g/mol. The third kappa shape index (κ3) is 4.68. The predicted octanol–water partition coefficient (Wildman–Crippen LogP) is 3.01. The Labute approximate surface area is 149 Å². The van der Waals surface area contributed by atoms with Gasteiger partial charge in [0.1, 0.15) is 0 Å². The molecule has 4 heteroatoms. The minimum Gasteiger partial charge on any atom is -0.383 e. The molecule has 1 amide bonds. The number of carbonyl (C=O) groups excluding carboxylic acids is 1. The van der Waals surface area contributed by atoms with Crippen LogP contribution in [0.1, 0.15) is 34.0 Å². The number of hydrogen-bond acceptors (Lipinski definition) is 3. The zero-order valence-corrected chi connectivity index (χ0v) is 15.0. The van der Waals surface area contributed by atoms with Crippen molar-refractivity contribution in [1.29, 1.82) is 0 Å². The monoisotopic (exact) mass is 338 g/mol. The second-order valence-electron chi connectivity index (χ2n) is 6.76. The van der Waals surface area contributed by atoms with E-state index in [0.717, 1.165) is 26.1 Å².